The van der Waals surface area contributed by atoms with Crippen LogP contribution in [0.5, 0.6) is 0 Å². The van der Waals surface area contributed by atoms with Crippen molar-refractivity contribution in [3.63, 3.8) is 0 Å². The van der Waals surface area contributed by atoms with Gasteiger partial charge in [-0.05, 0) is 17.7 Å². The predicted molar refractivity (Wildman–Crippen MR) is 62.5 cm³/mol. The minimum absolute atomic E-state index is 0.258. The number of alkyl halides is 3. The first-order chi connectivity index (χ1) is 9.29. The van der Waals surface area contributed by atoms with E-state index in [-0.39, 0.29) is 6.54 Å². The molecule has 9 heteroatoms. The zero-order chi connectivity index (χ0) is 14.9. The highest BCUT2D eigenvalue weighted by Gasteiger charge is 2.41. The molecule has 0 spiro atoms. The molecule has 0 bridgehead atoms. The second-order valence-corrected chi connectivity index (χ2v) is 4.31. The van der Waals surface area contributed by atoms with E-state index in [1.807, 2.05) is 0 Å². The van der Waals surface area contributed by atoms with Crippen molar-refractivity contribution in [1.29, 1.82) is 0 Å². The molecular weight excluding hydrogens is 299 g/mol. The monoisotopic (exact) mass is 305 g/mol. The number of carbonyl (C=O) groups is 1. The van der Waals surface area contributed by atoms with Gasteiger partial charge in [0.15, 0.2) is 5.69 Å². The van der Waals surface area contributed by atoms with E-state index in [0.717, 1.165) is 0 Å². The zero-order valence-corrected chi connectivity index (χ0v) is 10.5. The fourth-order valence-corrected chi connectivity index (χ4v) is 1.74. The second kappa shape index (κ2) is 5.12. The summed E-state index contributed by atoms with van der Waals surface area (Å²) >= 11 is 5.67. The molecular formula is C11H7ClF3N3O2. The highest BCUT2D eigenvalue weighted by Crippen LogP contribution is 2.31. The normalized spacial score (nSPS) is 11.6. The van der Waals surface area contributed by atoms with Gasteiger partial charge in [0, 0.05) is 5.02 Å². The topological polar surface area (TPSA) is 68.0 Å². The lowest BCUT2D eigenvalue weighted by Gasteiger charge is -2.10. The Morgan fingerprint density at radius 2 is 1.90 bits per heavy atom. The van der Waals surface area contributed by atoms with Gasteiger partial charge in [0.2, 0.25) is 5.69 Å². The minimum Gasteiger partial charge on any atom is -0.476 e. The molecule has 0 unspecified atom stereocenters. The van der Waals surface area contributed by atoms with Gasteiger partial charge in [-0.3, -0.25) is 0 Å². The Labute approximate surface area is 115 Å². The summed E-state index contributed by atoms with van der Waals surface area (Å²) in [5.74, 6) is -1.78. The molecule has 0 aliphatic rings. The molecule has 1 heterocycles. The Morgan fingerprint density at radius 3 is 2.40 bits per heavy atom. The molecule has 2 aromatic rings. The Hall–Kier alpha value is -2.09. The van der Waals surface area contributed by atoms with Crippen LogP contribution in [0.2, 0.25) is 5.02 Å². The highest BCUT2D eigenvalue weighted by molar-refractivity contribution is 6.30. The largest absolute Gasteiger partial charge is 0.476 e. The molecule has 0 fully saturated rings. The summed E-state index contributed by atoms with van der Waals surface area (Å²) in [6.07, 6.45) is -4.86. The molecule has 0 atom stereocenters. The molecule has 1 aromatic carbocycles. The third-order valence-corrected chi connectivity index (χ3v) is 2.70. The van der Waals surface area contributed by atoms with Gasteiger partial charge in [-0.1, -0.05) is 28.9 Å². The molecule has 106 valence electrons. The molecule has 0 aliphatic carbocycles. The fourth-order valence-electron chi connectivity index (χ4n) is 1.61. The van der Waals surface area contributed by atoms with E-state index in [4.69, 9.17) is 16.7 Å². The molecule has 1 aromatic heterocycles. The highest BCUT2D eigenvalue weighted by atomic mass is 35.5. The average Bonchev–Trinajstić information content (AvgIpc) is 2.76. The van der Waals surface area contributed by atoms with Crippen molar-refractivity contribution in [1.82, 2.24) is 15.0 Å². The maximum Gasteiger partial charge on any atom is 0.435 e. The van der Waals surface area contributed by atoms with Crippen LogP contribution in [0, 0.1) is 0 Å². The van der Waals surface area contributed by atoms with Gasteiger partial charge in [-0.2, -0.15) is 13.2 Å². The van der Waals surface area contributed by atoms with Crippen LogP contribution in [0.3, 0.4) is 0 Å². The molecule has 2 rings (SSSR count). The molecule has 0 saturated heterocycles. The zero-order valence-electron chi connectivity index (χ0n) is 9.73. The summed E-state index contributed by atoms with van der Waals surface area (Å²) in [4.78, 5) is 10.7. The van der Waals surface area contributed by atoms with Crippen LogP contribution >= 0.6 is 11.6 Å². The van der Waals surface area contributed by atoms with Crippen LogP contribution in [-0.2, 0) is 12.7 Å². The van der Waals surface area contributed by atoms with Gasteiger partial charge in [-0.25, -0.2) is 9.48 Å². The van der Waals surface area contributed by atoms with E-state index in [0.29, 0.717) is 15.3 Å². The first kappa shape index (κ1) is 14.3. The van der Waals surface area contributed by atoms with Gasteiger partial charge in [-0.15, -0.1) is 5.10 Å². The standard InChI is InChI=1S/C11H7ClF3N3O2/c12-7-3-1-6(2-4-7)5-18-9(11(13,14)15)8(10(19)20)16-17-18/h1-4H,5H2,(H,19,20). The minimum atomic E-state index is -4.86. The molecule has 0 radical (unpaired) electrons. The molecule has 0 saturated carbocycles. The van der Waals surface area contributed by atoms with Gasteiger partial charge in [0.05, 0.1) is 6.54 Å². The smallest absolute Gasteiger partial charge is 0.435 e. The van der Waals surface area contributed by atoms with Gasteiger partial charge in [0.1, 0.15) is 0 Å². The number of carboxylic acids is 1. The SMILES string of the molecule is O=C(O)c1nnn(Cc2ccc(Cl)cc2)c1C(F)(F)F. The van der Waals surface area contributed by atoms with Gasteiger partial charge < -0.3 is 5.11 Å². The summed E-state index contributed by atoms with van der Waals surface area (Å²) in [5.41, 5.74) is -2.02. The Kier molecular flexibility index (Phi) is 3.67. The van der Waals surface area contributed by atoms with Crippen LogP contribution < -0.4 is 0 Å². The van der Waals surface area contributed by atoms with Crippen molar-refractivity contribution in [3.05, 3.63) is 46.2 Å². The number of aromatic nitrogens is 3. The average molecular weight is 306 g/mol. The summed E-state index contributed by atoms with van der Waals surface area (Å²) in [5, 5.41) is 15.5. The number of carboxylic acid groups (broad SMARTS) is 1. The van der Waals surface area contributed by atoms with Crippen LogP contribution in [0.4, 0.5) is 13.2 Å². The number of aromatic carboxylic acids is 1. The Morgan fingerprint density at radius 1 is 1.30 bits per heavy atom. The predicted octanol–water partition coefficient (Wildman–Crippen LogP) is 2.70. The van der Waals surface area contributed by atoms with Crippen molar-refractivity contribution in [2.24, 2.45) is 0 Å². The van der Waals surface area contributed by atoms with Crippen molar-refractivity contribution >= 4 is 17.6 Å². The van der Waals surface area contributed by atoms with E-state index in [9.17, 15) is 18.0 Å². The van der Waals surface area contributed by atoms with Gasteiger partial charge >= 0.3 is 12.1 Å². The van der Waals surface area contributed by atoms with E-state index in [2.05, 4.69) is 10.3 Å². The lowest BCUT2D eigenvalue weighted by Crippen LogP contribution is -2.18. The fraction of sp³-hybridized carbons (Fsp3) is 0.182. The van der Waals surface area contributed by atoms with E-state index in [1.165, 1.54) is 24.3 Å². The van der Waals surface area contributed by atoms with Gasteiger partial charge in [0.25, 0.3) is 0 Å². The Bertz CT molecular complexity index is 637. The number of nitrogens with zero attached hydrogens (tertiary/aromatic N) is 3. The van der Waals surface area contributed by atoms with Crippen molar-refractivity contribution in [2.75, 3.05) is 0 Å². The molecule has 20 heavy (non-hydrogen) atoms. The molecule has 1 N–H and O–H groups in total. The summed E-state index contributed by atoms with van der Waals surface area (Å²) in [6.45, 7) is -0.258. The Balaban J connectivity index is 2.42. The molecule has 0 amide bonds. The number of rotatable bonds is 3. The lowest BCUT2D eigenvalue weighted by molar-refractivity contribution is -0.144. The summed E-state index contributed by atoms with van der Waals surface area (Å²) in [6, 6.07) is 6.06. The van der Waals surface area contributed by atoms with Crippen molar-refractivity contribution in [3.8, 4) is 0 Å². The first-order valence-electron chi connectivity index (χ1n) is 5.27. The molecule has 0 aliphatic heterocycles. The lowest BCUT2D eigenvalue weighted by atomic mass is 10.2. The van der Waals surface area contributed by atoms with Crippen molar-refractivity contribution < 1.29 is 23.1 Å². The van der Waals surface area contributed by atoms with Crippen LogP contribution in [0.1, 0.15) is 21.7 Å². The number of halogens is 4. The van der Waals surface area contributed by atoms with E-state index in [1.54, 1.807) is 0 Å². The maximum atomic E-state index is 12.9. The maximum absolute atomic E-state index is 12.9. The van der Waals surface area contributed by atoms with Crippen LogP contribution in [0.15, 0.2) is 24.3 Å². The van der Waals surface area contributed by atoms with E-state index < -0.39 is 23.5 Å². The third-order valence-electron chi connectivity index (χ3n) is 2.45. The summed E-state index contributed by atoms with van der Waals surface area (Å²) < 4.78 is 39.2. The summed E-state index contributed by atoms with van der Waals surface area (Å²) in [7, 11) is 0. The quantitative estimate of drug-likeness (QED) is 0.946. The number of benzene rings is 1. The number of hydrogen-bond acceptors (Lipinski definition) is 3. The van der Waals surface area contributed by atoms with Crippen LogP contribution in [0.25, 0.3) is 0 Å². The number of hydrogen-bond donors (Lipinski definition) is 1. The van der Waals surface area contributed by atoms with E-state index >= 15 is 0 Å². The second-order valence-electron chi connectivity index (χ2n) is 3.87. The first-order valence-corrected chi connectivity index (χ1v) is 5.65. The van der Waals surface area contributed by atoms with Crippen LogP contribution in [-0.4, -0.2) is 26.1 Å². The third kappa shape index (κ3) is 2.90. The molecule has 5 nitrogen and oxygen atoms in total. The van der Waals surface area contributed by atoms with Crippen molar-refractivity contribution in [2.45, 2.75) is 12.7 Å².